The molecule has 3 N–H and O–H groups in total. The highest BCUT2D eigenvalue weighted by Crippen LogP contribution is 2.42. The molecular formula is C26H23F3N4O3. The Kier molecular flexibility index (Phi) is 6.38. The Labute approximate surface area is 205 Å². The minimum Gasteiger partial charge on any atom is -0.378 e. The number of aliphatic imine (C=N–C) groups is 1. The number of nitrogens with zero attached hydrogens (tertiary/aromatic N) is 2. The molecule has 1 amide bonds. The molecular weight excluding hydrogens is 473 g/mol. The number of rotatable bonds is 4. The number of morpholine rings is 1. The Hall–Kier alpha value is -3.89. The average Bonchev–Trinajstić information content (AvgIpc) is 3.29. The van der Waals surface area contributed by atoms with E-state index in [0.717, 1.165) is 24.8 Å². The van der Waals surface area contributed by atoms with Gasteiger partial charge < -0.3 is 15.0 Å². The summed E-state index contributed by atoms with van der Waals surface area (Å²) in [6.07, 6.45) is -4.24. The van der Waals surface area contributed by atoms with Crippen LogP contribution in [0.4, 0.5) is 30.2 Å². The zero-order chi connectivity index (χ0) is 25.3. The molecule has 3 aromatic rings. The lowest BCUT2D eigenvalue weighted by Gasteiger charge is -2.29. The van der Waals surface area contributed by atoms with Crippen LogP contribution in [-0.4, -0.2) is 43.3 Å². The van der Waals surface area contributed by atoms with Gasteiger partial charge in [-0.25, -0.2) is 10.5 Å². The standard InChI is InChI=1S/C26H23F3N4O3/c27-26(28,29)22-15-23-18(14-24(31-23)30-19-3-1-2-17(12-19)25(34)32-35)13-21(22)16-4-6-20(7-5-16)33-8-10-36-11-9-33/h1-7,12-13,15,35H,8-11,14H2,(H,30,31)(H,32,34). The first kappa shape index (κ1) is 23.8. The summed E-state index contributed by atoms with van der Waals surface area (Å²) in [5.41, 5.74) is 4.03. The van der Waals surface area contributed by atoms with Gasteiger partial charge in [-0.2, -0.15) is 13.2 Å². The van der Waals surface area contributed by atoms with Gasteiger partial charge in [-0.05, 0) is 59.2 Å². The van der Waals surface area contributed by atoms with Crippen LogP contribution in [0.5, 0.6) is 0 Å². The molecule has 0 aliphatic carbocycles. The van der Waals surface area contributed by atoms with Crippen LogP contribution in [0.15, 0.2) is 65.7 Å². The molecule has 186 valence electrons. The van der Waals surface area contributed by atoms with Crippen molar-refractivity contribution in [3.05, 3.63) is 77.4 Å². The summed E-state index contributed by atoms with van der Waals surface area (Å²) in [5, 5.41) is 11.9. The number of fused-ring (bicyclic) bond motifs is 1. The van der Waals surface area contributed by atoms with E-state index in [1.54, 1.807) is 35.8 Å². The summed E-state index contributed by atoms with van der Waals surface area (Å²) >= 11 is 0. The molecule has 5 rings (SSSR count). The van der Waals surface area contributed by atoms with E-state index in [1.807, 2.05) is 12.1 Å². The van der Waals surface area contributed by atoms with Crippen molar-refractivity contribution in [2.75, 3.05) is 36.5 Å². The number of carbonyl (C=O) groups excluding carboxylic acids is 1. The van der Waals surface area contributed by atoms with E-state index in [1.165, 1.54) is 12.1 Å². The molecule has 2 aliphatic rings. The monoisotopic (exact) mass is 496 g/mol. The molecule has 0 aromatic heterocycles. The van der Waals surface area contributed by atoms with E-state index in [0.29, 0.717) is 42.3 Å². The lowest BCUT2D eigenvalue weighted by Crippen LogP contribution is -2.36. The van der Waals surface area contributed by atoms with Crippen molar-refractivity contribution in [1.29, 1.82) is 0 Å². The molecule has 0 unspecified atom stereocenters. The van der Waals surface area contributed by atoms with E-state index >= 15 is 0 Å². The van der Waals surface area contributed by atoms with Gasteiger partial charge in [-0.3, -0.25) is 10.0 Å². The van der Waals surface area contributed by atoms with Crippen LogP contribution in [0, 0.1) is 0 Å². The molecule has 1 fully saturated rings. The third-order valence-corrected chi connectivity index (χ3v) is 6.21. The summed E-state index contributed by atoms with van der Waals surface area (Å²) in [5.74, 6) is -0.214. The van der Waals surface area contributed by atoms with E-state index in [4.69, 9.17) is 9.94 Å². The van der Waals surface area contributed by atoms with Gasteiger partial charge in [-0.1, -0.05) is 18.2 Å². The van der Waals surface area contributed by atoms with Crippen LogP contribution in [0.2, 0.25) is 0 Å². The number of amides is 1. The third-order valence-electron chi connectivity index (χ3n) is 6.21. The lowest BCUT2D eigenvalue weighted by molar-refractivity contribution is -0.137. The summed E-state index contributed by atoms with van der Waals surface area (Å²) in [6, 6.07) is 16.1. The van der Waals surface area contributed by atoms with Crippen molar-refractivity contribution in [1.82, 2.24) is 5.48 Å². The maximum Gasteiger partial charge on any atom is 0.417 e. The molecule has 2 aliphatic heterocycles. The van der Waals surface area contributed by atoms with Crippen molar-refractivity contribution in [3.8, 4) is 11.1 Å². The molecule has 0 spiro atoms. The highest BCUT2D eigenvalue weighted by Gasteiger charge is 2.35. The van der Waals surface area contributed by atoms with E-state index in [9.17, 15) is 18.0 Å². The van der Waals surface area contributed by atoms with Gasteiger partial charge in [0.25, 0.3) is 5.91 Å². The molecule has 36 heavy (non-hydrogen) atoms. The largest absolute Gasteiger partial charge is 0.417 e. The van der Waals surface area contributed by atoms with Gasteiger partial charge in [0.05, 0.1) is 24.5 Å². The van der Waals surface area contributed by atoms with Crippen LogP contribution < -0.4 is 15.7 Å². The van der Waals surface area contributed by atoms with E-state index < -0.39 is 17.6 Å². The van der Waals surface area contributed by atoms with Crippen LogP contribution in [0.25, 0.3) is 11.1 Å². The zero-order valence-electron chi connectivity index (χ0n) is 19.1. The Morgan fingerprint density at radius 2 is 1.78 bits per heavy atom. The lowest BCUT2D eigenvalue weighted by atomic mass is 9.95. The molecule has 2 heterocycles. The molecule has 0 atom stereocenters. The summed E-state index contributed by atoms with van der Waals surface area (Å²) in [4.78, 5) is 18.2. The Balaban J connectivity index is 1.42. The predicted octanol–water partition coefficient (Wildman–Crippen LogP) is 5.03. The molecule has 3 aromatic carbocycles. The number of nitrogens with one attached hydrogen (secondary N) is 2. The second-order valence-electron chi connectivity index (χ2n) is 8.55. The Bertz CT molecular complexity index is 1320. The number of anilines is 2. The zero-order valence-corrected chi connectivity index (χ0v) is 19.1. The first-order valence-corrected chi connectivity index (χ1v) is 11.4. The average molecular weight is 496 g/mol. The minimum atomic E-state index is -4.55. The Morgan fingerprint density at radius 3 is 2.47 bits per heavy atom. The molecule has 7 nitrogen and oxygen atoms in total. The summed E-state index contributed by atoms with van der Waals surface area (Å²) in [7, 11) is 0. The van der Waals surface area contributed by atoms with Gasteiger partial charge in [0.1, 0.15) is 5.84 Å². The fourth-order valence-corrected chi connectivity index (χ4v) is 4.43. The second kappa shape index (κ2) is 9.63. The van der Waals surface area contributed by atoms with E-state index in [-0.39, 0.29) is 16.8 Å². The number of hydroxylamine groups is 1. The summed E-state index contributed by atoms with van der Waals surface area (Å²) in [6.45, 7) is 2.74. The van der Waals surface area contributed by atoms with Crippen LogP contribution in [0.3, 0.4) is 0 Å². The minimum absolute atomic E-state index is 0.104. The van der Waals surface area contributed by atoms with Crippen LogP contribution in [-0.2, 0) is 17.3 Å². The highest BCUT2D eigenvalue weighted by molar-refractivity contribution is 6.03. The quantitative estimate of drug-likeness (QED) is 0.349. The summed E-state index contributed by atoms with van der Waals surface area (Å²) < 4.78 is 47.4. The topological polar surface area (TPSA) is 86.2 Å². The number of benzene rings is 3. The maximum atomic E-state index is 14.0. The predicted molar refractivity (Wildman–Crippen MR) is 130 cm³/mol. The van der Waals surface area contributed by atoms with Gasteiger partial charge in [-0.15, -0.1) is 0 Å². The fraction of sp³-hybridized carbons (Fsp3) is 0.231. The number of amidine groups is 1. The number of alkyl halides is 3. The first-order chi connectivity index (χ1) is 17.3. The molecule has 0 bridgehead atoms. The van der Waals surface area contributed by atoms with Crippen molar-refractivity contribution >= 4 is 28.8 Å². The van der Waals surface area contributed by atoms with Gasteiger partial charge in [0.15, 0.2) is 0 Å². The fourth-order valence-electron chi connectivity index (χ4n) is 4.43. The van der Waals surface area contributed by atoms with Crippen molar-refractivity contribution < 1.29 is 27.9 Å². The number of hydrogen-bond donors (Lipinski definition) is 3. The van der Waals surface area contributed by atoms with Crippen LogP contribution in [0.1, 0.15) is 21.5 Å². The van der Waals surface area contributed by atoms with Crippen molar-refractivity contribution in [2.24, 2.45) is 4.99 Å². The molecule has 1 saturated heterocycles. The first-order valence-electron chi connectivity index (χ1n) is 11.4. The van der Waals surface area contributed by atoms with Crippen LogP contribution >= 0.6 is 0 Å². The number of halogens is 3. The normalized spacial score (nSPS) is 15.3. The Morgan fingerprint density at radius 1 is 1.03 bits per heavy atom. The molecule has 0 saturated carbocycles. The van der Waals surface area contributed by atoms with Crippen molar-refractivity contribution in [3.63, 3.8) is 0 Å². The molecule has 10 heteroatoms. The number of ether oxygens (including phenoxy) is 1. The smallest absolute Gasteiger partial charge is 0.378 e. The third kappa shape index (κ3) is 4.91. The van der Waals surface area contributed by atoms with Gasteiger partial charge in [0.2, 0.25) is 0 Å². The van der Waals surface area contributed by atoms with Crippen molar-refractivity contribution in [2.45, 2.75) is 12.6 Å². The van der Waals surface area contributed by atoms with Gasteiger partial charge >= 0.3 is 6.18 Å². The number of hydrogen-bond acceptors (Lipinski definition) is 6. The molecule has 0 radical (unpaired) electrons. The number of carbonyl (C=O) groups is 1. The maximum absolute atomic E-state index is 14.0. The van der Waals surface area contributed by atoms with E-state index in [2.05, 4.69) is 15.2 Å². The second-order valence-corrected chi connectivity index (χ2v) is 8.55. The van der Waals surface area contributed by atoms with Gasteiger partial charge in [0, 0.05) is 36.4 Å². The highest BCUT2D eigenvalue weighted by atomic mass is 19.4. The SMILES string of the molecule is O=C(NO)c1cccc(NC2=Nc3cc(C(F)(F)F)c(-c4ccc(N5CCOCC5)cc4)cc3C2)c1.